The largest absolute Gasteiger partial charge is 0.416 e. The van der Waals surface area contributed by atoms with Crippen LogP contribution in [0, 0.1) is 0 Å². The van der Waals surface area contributed by atoms with E-state index in [-0.39, 0.29) is 30.8 Å². The Morgan fingerprint density at radius 1 is 0.830 bits per heavy atom. The van der Waals surface area contributed by atoms with Crippen LogP contribution in [0.15, 0.2) is 121 Å². The van der Waals surface area contributed by atoms with E-state index in [0.717, 1.165) is 34.7 Å². The summed E-state index contributed by atoms with van der Waals surface area (Å²) in [5, 5.41) is 18.6. The lowest BCUT2D eigenvalue weighted by Gasteiger charge is -2.26. The molecule has 0 aliphatic rings. The predicted molar refractivity (Wildman–Crippen MR) is 178 cm³/mol. The number of sulfonamides is 1. The highest BCUT2D eigenvalue weighted by Crippen LogP contribution is 2.35. The van der Waals surface area contributed by atoms with Gasteiger partial charge in [-0.3, -0.25) is 4.79 Å². The van der Waals surface area contributed by atoms with Crippen LogP contribution < -0.4 is 14.9 Å². The molecule has 0 fully saturated rings. The summed E-state index contributed by atoms with van der Waals surface area (Å²) in [4.78, 5) is 13.6. The van der Waals surface area contributed by atoms with E-state index in [9.17, 15) is 31.5 Å². The van der Waals surface area contributed by atoms with Gasteiger partial charge in [-0.05, 0) is 53.3 Å². The maximum Gasteiger partial charge on any atom is 0.416 e. The number of amides is 1. The quantitative estimate of drug-likeness (QED) is 0.143. The molecule has 2 atom stereocenters. The highest BCUT2D eigenvalue weighted by Gasteiger charge is 2.30. The van der Waals surface area contributed by atoms with Crippen molar-refractivity contribution < 1.29 is 31.5 Å². The molecule has 0 spiro atoms. The Kier molecular flexibility index (Phi) is 10.3. The molecule has 5 aromatic carbocycles. The molecule has 47 heavy (non-hydrogen) atoms. The third-order valence-corrected chi connectivity index (χ3v) is 8.75. The van der Waals surface area contributed by atoms with Crippen LogP contribution in [-0.2, 0) is 29.2 Å². The Labute approximate surface area is 271 Å². The number of nitrogens with zero attached hydrogens (tertiary/aromatic N) is 1. The molecule has 5 aromatic rings. The van der Waals surface area contributed by atoms with Gasteiger partial charge in [0.2, 0.25) is 10.0 Å². The smallest absolute Gasteiger partial charge is 0.390 e. The summed E-state index contributed by atoms with van der Waals surface area (Å²) in [5.74, 6) is -0.531. The van der Waals surface area contributed by atoms with Crippen molar-refractivity contribution in [1.82, 2.24) is 10.6 Å². The molecule has 3 N–H and O–H groups in total. The fraction of sp³-hybridized carbons (Fsp3) is 0.194. The zero-order valence-corrected chi connectivity index (χ0v) is 26.3. The van der Waals surface area contributed by atoms with Crippen LogP contribution >= 0.6 is 0 Å². The lowest BCUT2D eigenvalue weighted by Crippen LogP contribution is -2.48. The first-order valence-corrected chi connectivity index (χ1v) is 16.7. The van der Waals surface area contributed by atoms with Crippen molar-refractivity contribution in [2.45, 2.75) is 31.3 Å². The molecule has 0 aliphatic carbocycles. The Balaban J connectivity index is 1.36. The predicted octanol–water partition coefficient (Wildman–Crippen LogP) is 6.45. The van der Waals surface area contributed by atoms with Gasteiger partial charge in [0.05, 0.1) is 35.3 Å². The molecule has 0 aromatic heterocycles. The van der Waals surface area contributed by atoms with Gasteiger partial charge in [0.25, 0.3) is 5.91 Å². The van der Waals surface area contributed by atoms with Gasteiger partial charge in [-0.15, -0.1) is 0 Å². The number of alkyl halides is 3. The van der Waals surface area contributed by atoms with E-state index in [4.69, 9.17) is 0 Å². The number of carbonyl (C=O) groups excluding carboxylic acids is 1. The van der Waals surface area contributed by atoms with Crippen LogP contribution in [0.2, 0.25) is 0 Å². The molecule has 0 radical (unpaired) electrons. The lowest BCUT2D eigenvalue weighted by molar-refractivity contribution is -0.137. The number of nitrogens with one attached hydrogen (secondary N) is 2. The molecule has 0 aliphatic heterocycles. The fourth-order valence-corrected chi connectivity index (χ4v) is 6.45. The van der Waals surface area contributed by atoms with Gasteiger partial charge in [-0.25, -0.2) is 12.7 Å². The second kappa shape index (κ2) is 14.4. The molecule has 5 rings (SSSR count). The first kappa shape index (κ1) is 33.6. The molecule has 0 saturated carbocycles. The standard InChI is InChI=1S/C36H34F3N3O4S/c1-47(45,46)42(33-19-9-14-27-13-5-6-18-31(27)33)30-17-8-15-28(22-30)35(44)41-32(21-25-10-3-2-4-11-25)34(43)24-40-23-26-12-7-16-29(20-26)36(37,38)39/h2-20,22,32,34,40,43H,21,23-24H2,1H3,(H,41,44)/t32-,34+/m0/s1. The number of aliphatic hydroxyl groups is 1. The topological polar surface area (TPSA) is 98.7 Å². The van der Waals surface area contributed by atoms with Crippen LogP contribution in [0.3, 0.4) is 0 Å². The molecule has 1 amide bonds. The Bertz CT molecular complexity index is 1950. The first-order valence-electron chi connectivity index (χ1n) is 14.9. The highest BCUT2D eigenvalue weighted by atomic mass is 32.2. The monoisotopic (exact) mass is 661 g/mol. The zero-order chi connectivity index (χ0) is 33.6. The Morgan fingerprint density at radius 2 is 1.49 bits per heavy atom. The third-order valence-electron chi connectivity index (χ3n) is 7.68. The van der Waals surface area contributed by atoms with Crippen molar-refractivity contribution in [3.05, 3.63) is 144 Å². The van der Waals surface area contributed by atoms with E-state index in [1.165, 1.54) is 16.4 Å². The van der Waals surface area contributed by atoms with Gasteiger partial charge >= 0.3 is 6.18 Å². The van der Waals surface area contributed by atoms with E-state index in [1.807, 2.05) is 60.7 Å². The maximum atomic E-state index is 13.6. The average Bonchev–Trinajstić information content (AvgIpc) is 3.04. The molecule has 0 unspecified atom stereocenters. The van der Waals surface area contributed by atoms with Gasteiger partial charge in [0.1, 0.15) is 0 Å². The van der Waals surface area contributed by atoms with E-state index < -0.39 is 39.8 Å². The number of benzene rings is 5. The maximum absolute atomic E-state index is 13.6. The minimum absolute atomic E-state index is 0.0169. The van der Waals surface area contributed by atoms with Gasteiger partial charge in [-0.1, -0.05) is 91.0 Å². The molecule has 0 bridgehead atoms. The van der Waals surface area contributed by atoms with Gasteiger partial charge in [-0.2, -0.15) is 13.2 Å². The summed E-state index contributed by atoms with van der Waals surface area (Å²) in [6.45, 7) is 0.0571. The second-order valence-corrected chi connectivity index (χ2v) is 13.1. The highest BCUT2D eigenvalue weighted by molar-refractivity contribution is 7.92. The normalized spacial score (nSPS) is 13.2. The molecule has 11 heteroatoms. The minimum atomic E-state index is -4.47. The number of aliphatic hydroxyl groups excluding tert-OH is 1. The van der Waals surface area contributed by atoms with E-state index in [0.29, 0.717) is 11.3 Å². The second-order valence-electron chi connectivity index (χ2n) is 11.2. The number of halogens is 3. The SMILES string of the molecule is CS(=O)(=O)N(c1cccc(C(=O)N[C@@H](Cc2ccccc2)[C@H](O)CNCc2cccc(C(F)(F)F)c2)c1)c1cccc2ccccc12. The Morgan fingerprint density at radius 3 is 2.23 bits per heavy atom. The van der Waals surface area contributed by atoms with Crippen molar-refractivity contribution in [3.63, 3.8) is 0 Å². The average molecular weight is 662 g/mol. The zero-order valence-electron chi connectivity index (χ0n) is 25.5. The summed E-state index contributed by atoms with van der Waals surface area (Å²) < 4.78 is 66.9. The number of hydrogen-bond acceptors (Lipinski definition) is 5. The summed E-state index contributed by atoms with van der Waals surface area (Å²) >= 11 is 0. The molecule has 7 nitrogen and oxygen atoms in total. The van der Waals surface area contributed by atoms with Crippen LogP contribution in [-0.4, -0.2) is 44.4 Å². The summed E-state index contributed by atoms with van der Waals surface area (Å²) in [6.07, 6.45) is -4.22. The molecule has 0 heterocycles. The molecular formula is C36H34F3N3O4S. The lowest BCUT2D eigenvalue weighted by atomic mass is 10.00. The number of rotatable bonds is 12. The van der Waals surface area contributed by atoms with Crippen molar-refractivity contribution in [2.75, 3.05) is 17.1 Å². The van der Waals surface area contributed by atoms with Crippen LogP contribution in [0.25, 0.3) is 10.8 Å². The summed E-state index contributed by atoms with van der Waals surface area (Å²) in [7, 11) is -3.84. The van der Waals surface area contributed by atoms with Crippen molar-refractivity contribution in [1.29, 1.82) is 0 Å². The first-order chi connectivity index (χ1) is 22.4. The van der Waals surface area contributed by atoms with E-state index >= 15 is 0 Å². The molecule has 244 valence electrons. The van der Waals surface area contributed by atoms with Crippen LogP contribution in [0.5, 0.6) is 0 Å². The van der Waals surface area contributed by atoms with Crippen molar-refractivity contribution in [2.24, 2.45) is 0 Å². The number of hydrogen-bond donors (Lipinski definition) is 3. The van der Waals surface area contributed by atoms with Gasteiger partial charge < -0.3 is 15.7 Å². The van der Waals surface area contributed by atoms with Gasteiger partial charge in [0, 0.05) is 24.0 Å². The van der Waals surface area contributed by atoms with Crippen molar-refractivity contribution in [3.8, 4) is 0 Å². The fourth-order valence-electron chi connectivity index (χ4n) is 5.44. The van der Waals surface area contributed by atoms with Crippen LogP contribution in [0.4, 0.5) is 24.5 Å². The third kappa shape index (κ3) is 8.56. The molecule has 0 saturated heterocycles. The van der Waals surface area contributed by atoms with E-state index in [1.54, 1.807) is 36.4 Å². The number of anilines is 2. The molecular weight excluding hydrogens is 627 g/mol. The summed E-state index contributed by atoms with van der Waals surface area (Å²) in [5.41, 5.74) is 1.37. The Hall–Kier alpha value is -4.71. The minimum Gasteiger partial charge on any atom is -0.390 e. The van der Waals surface area contributed by atoms with Crippen molar-refractivity contribution >= 4 is 38.1 Å². The number of carbonyl (C=O) groups is 1. The van der Waals surface area contributed by atoms with E-state index in [2.05, 4.69) is 10.6 Å². The van der Waals surface area contributed by atoms with Crippen LogP contribution in [0.1, 0.15) is 27.0 Å². The number of fused-ring (bicyclic) bond motifs is 1. The summed E-state index contributed by atoms with van der Waals surface area (Å²) in [6, 6.07) is 32.4. The van der Waals surface area contributed by atoms with Gasteiger partial charge in [0.15, 0.2) is 0 Å².